The molecule has 8 heteroatoms. The van der Waals surface area contributed by atoms with Gasteiger partial charge < -0.3 is 10.6 Å². The van der Waals surface area contributed by atoms with Crippen LogP contribution in [-0.4, -0.2) is 27.8 Å². The molecule has 2 amide bonds. The minimum atomic E-state index is -0.726. The van der Waals surface area contributed by atoms with Crippen LogP contribution in [0.3, 0.4) is 0 Å². The largest absolute Gasteiger partial charge is 0.348 e. The number of nitrogens with zero attached hydrogens (tertiary/aromatic N) is 2. The Morgan fingerprint density at radius 2 is 1.76 bits per heavy atom. The second-order valence-corrected chi connectivity index (χ2v) is 6.69. The molecular weight excluding hydrogens is 378 g/mol. The van der Waals surface area contributed by atoms with Crippen LogP contribution in [0.1, 0.15) is 33.7 Å². The fraction of sp³-hybridized carbons (Fsp3) is 0.143. The van der Waals surface area contributed by atoms with E-state index in [2.05, 4.69) is 20.6 Å². The van der Waals surface area contributed by atoms with Crippen molar-refractivity contribution in [1.29, 1.82) is 0 Å². The van der Waals surface area contributed by atoms with Crippen LogP contribution in [0.25, 0.3) is 11.1 Å². The van der Waals surface area contributed by atoms with Gasteiger partial charge in [-0.1, -0.05) is 6.07 Å². The number of anilines is 1. The molecule has 1 aromatic carbocycles. The molecule has 6 nitrogen and oxygen atoms in total. The number of nitrogens with one attached hydrogen (secondary N) is 2. The molecule has 4 rings (SSSR count). The standard InChI is InChI=1S/C21H16F2N4O2/c22-16-2-1-3-17(23)19(16)13-8-15(11-24-10-13)27-20(28)12-6-7-25-18(9-12)21(29)26-14-4-5-14/h1-3,6-11,14H,4-5H2,(H,26,29)(H,27,28). The van der Waals surface area contributed by atoms with E-state index in [1.165, 1.54) is 42.9 Å². The molecule has 1 fully saturated rings. The zero-order valence-corrected chi connectivity index (χ0v) is 15.2. The topological polar surface area (TPSA) is 84.0 Å². The van der Waals surface area contributed by atoms with Crippen molar-refractivity contribution in [2.75, 3.05) is 5.32 Å². The molecule has 0 unspecified atom stereocenters. The molecule has 0 bridgehead atoms. The number of carbonyl (C=O) groups excluding carboxylic acids is 2. The lowest BCUT2D eigenvalue weighted by Crippen LogP contribution is -2.26. The zero-order valence-electron chi connectivity index (χ0n) is 15.2. The van der Waals surface area contributed by atoms with E-state index in [4.69, 9.17) is 0 Å². The third-order valence-corrected chi connectivity index (χ3v) is 4.41. The molecule has 0 aliphatic heterocycles. The Morgan fingerprint density at radius 3 is 2.48 bits per heavy atom. The summed E-state index contributed by atoms with van der Waals surface area (Å²) < 4.78 is 28.0. The number of benzene rings is 1. The number of hydrogen-bond acceptors (Lipinski definition) is 4. The number of amides is 2. The molecule has 0 spiro atoms. The lowest BCUT2D eigenvalue weighted by atomic mass is 10.1. The Bertz CT molecular complexity index is 1080. The van der Waals surface area contributed by atoms with E-state index in [0.717, 1.165) is 25.0 Å². The Kier molecular flexibility index (Phi) is 4.99. The first-order valence-electron chi connectivity index (χ1n) is 8.99. The van der Waals surface area contributed by atoms with Crippen molar-refractivity contribution in [3.8, 4) is 11.1 Å². The van der Waals surface area contributed by atoms with Gasteiger partial charge in [-0.05, 0) is 43.2 Å². The van der Waals surface area contributed by atoms with E-state index < -0.39 is 17.5 Å². The van der Waals surface area contributed by atoms with Crippen LogP contribution in [0, 0.1) is 11.6 Å². The van der Waals surface area contributed by atoms with Gasteiger partial charge in [-0.3, -0.25) is 19.6 Å². The molecule has 3 aromatic rings. The van der Waals surface area contributed by atoms with Crippen LogP contribution >= 0.6 is 0 Å². The summed E-state index contributed by atoms with van der Waals surface area (Å²) in [6.45, 7) is 0. The van der Waals surface area contributed by atoms with E-state index in [9.17, 15) is 18.4 Å². The van der Waals surface area contributed by atoms with E-state index in [1.54, 1.807) is 0 Å². The third-order valence-electron chi connectivity index (χ3n) is 4.41. The van der Waals surface area contributed by atoms with Crippen LogP contribution < -0.4 is 10.6 Å². The van der Waals surface area contributed by atoms with Crippen LogP contribution in [0.15, 0.2) is 55.0 Å². The second kappa shape index (κ2) is 7.75. The molecule has 2 aromatic heterocycles. The molecule has 0 saturated heterocycles. The van der Waals surface area contributed by atoms with Crippen LogP contribution in [0.2, 0.25) is 0 Å². The van der Waals surface area contributed by atoms with Crippen LogP contribution in [0.5, 0.6) is 0 Å². The highest BCUT2D eigenvalue weighted by molar-refractivity contribution is 6.05. The van der Waals surface area contributed by atoms with Crippen molar-refractivity contribution < 1.29 is 18.4 Å². The summed E-state index contributed by atoms with van der Waals surface area (Å²) in [5, 5.41) is 5.43. The quantitative estimate of drug-likeness (QED) is 0.693. The van der Waals surface area contributed by atoms with E-state index in [1.807, 2.05) is 0 Å². The molecule has 2 heterocycles. The van der Waals surface area contributed by atoms with Crippen molar-refractivity contribution in [3.05, 3.63) is 77.9 Å². The Morgan fingerprint density at radius 1 is 1.00 bits per heavy atom. The number of aromatic nitrogens is 2. The van der Waals surface area contributed by atoms with E-state index in [0.29, 0.717) is 0 Å². The van der Waals surface area contributed by atoms with Crippen molar-refractivity contribution in [2.45, 2.75) is 18.9 Å². The summed E-state index contributed by atoms with van der Waals surface area (Å²) in [6.07, 6.45) is 5.93. The van der Waals surface area contributed by atoms with Gasteiger partial charge in [0.2, 0.25) is 0 Å². The smallest absolute Gasteiger partial charge is 0.270 e. The average Bonchev–Trinajstić information content (AvgIpc) is 3.52. The molecule has 1 aliphatic carbocycles. The number of pyridine rings is 2. The Hall–Kier alpha value is -3.68. The first-order chi connectivity index (χ1) is 14.0. The lowest BCUT2D eigenvalue weighted by Gasteiger charge is -2.09. The maximum atomic E-state index is 14.0. The third kappa shape index (κ3) is 4.26. The Labute approximate surface area is 165 Å². The normalized spacial score (nSPS) is 13.0. The predicted octanol–water partition coefficient (Wildman–Crippen LogP) is 3.57. The van der Waals surface area contributed by atoms with E-state index >= 15 is 0 Å². The van der Waals surface area contributed by atoms with Crippen molar-refractivity contribution in [3.63, 3.8) is 0 Å². The van der Waals surface area contributed by atoms with E-state index in [-0.39, 0.29) is 40.0 Å². The summed E-state index contributed by atoms with van der Waals surface area (Å²) in [6, 6.07) is 8.03. The molecule has 1 aliphatic rings. The highest BCUT2D eigenvalue weighted by atomic mass is 19.1. The second-order valence-electron chi connectivity index (χ2n) is 6.69. The van der Waals surface area contributed by atoms with Gasteiger partial charge in [-0.25, -0.2) is 8.78 Å². The first kappa shape index (κ1) is 18.7. The zero-order chi connectivity index (χ0) is 20.4. The van der Waals surface area contributed by atoms with Crippen LogP contribution in [0.4, 0.5) is 14.5 Å². The summed E-state index contributed by atoms with van der Waals surface area (Å²) >= 11 is 0. The fourth-order valence-corrected chi connectivity index (χ4v) is 2.80. The lowest BCUT2D eigenvalue weighted by molar-refractivity contribution is 0.0946. The average molecular weight is 394 g/mol. The minimum Gasteiger partial charge on any atom is -0.348 e. The van der Waals surface area contributed by atoms with Gasteiger partial charge in [0.15, 0.2) is 0 Å². The highest BCUT2D eigenvalue weighted by Gasteiger charge is 2.24. The minimum absolute atomic E-state index is 0.143. The molecule has 0 radical (unpaired) electrons. The van der Waals surface area contributed by atoms with Crippen molar-refractivity contribution >= 4 is 17.5 Å². The SMILES string of the molecule is O=C(Nc1cncc(-c2c(F)cccc2F)c1)c1ccnc(C(=O)NC2CC2)c1. The maximum absolute atomic E-state index is 14.0. The number of halogens is 2. The van der Waals surface area contributed by atoms with Gasteiger partial charge >= 0.3 is 0 Å². The number of carbonyl (C=O) groups is 2. The maximum Gasteiger partial charge on any atom is 0.270 e. The first-order valence-corrected chi connectivity index (χ1v) is 8.99. The monoisotopic (exact) mass is 394 g/mol. The molecule has 29 heavy (non-hydrogen) atoms. The van der Waals surface area contributed by atoms with Gasteiger partial charge in [0.1, 0.15) is 17.3 Å². The number of rotatable bonds is 5. The van der Waals surface area contributed by atoms with Gasteiger partial charge in [0, 0.05) is 29.6 Å². The van der Waals surface area contributed by atoms with Gasteiger partial charge in [0.25, 0.3) is 11.8 Å². The molecular formula is C21H16F2N4O2. The summed E-state index contributed by atoms with van der Waals surface area (Å²) in [5.74, 6) is -2.28. The predicted molar refractivity (Wildman–Crippen MR) is 102 cm³/mol. The van der Waals surface area contributed by atoms with Gasteiger partial charge in [-0.15, -0.1) is 0 Å². The molecule has 2 N–H and O–H groups in total. The molecule has 0 atom stereocenters. The number of hydrogen-bond donors (Lipinski definition) is 2. The summed E-state index contributed by atoms with van der Waals surface area (Å²) in [4.78, 5) is 32.6. The fourth-order valence-electron chi connectivity index (χ4n) is 2.80. The molecule has 1 saturated carbocycles. The van der Waals surface area contributed by atoms with Crippen molar-refractivity contribution in [2.24, 2.45) is 0 Å². The van der Waals surface area contributed by atoms with Crippen LogP contribution in [-0.2, 0) is 0 Å². The highest BCUT2D eigenvalue weighted by Crippen LogP contribution is 2.27. The van der Waals surface area contributed by atoms with Gasteiger partial charge in [-0.2, -0.15) is 0 Å². The summed E-state index contributed by atoms with van der Waals surface area (Å²) in [5.41, 5.74) is 0.598. The van der Waals surface area contributed by atoms with Gasteiger partial charge in [0.05, 0.1) is 17.4 Å². The molecule has 146 valence electrons. The summed E-state index contributed by atoms with van der Waals surface area (Å²) in [7, 11) is 0. The van der Waals surface area contributed by atoms with Crippen molar-refractivity contribution in [1.82, 2.24) is 15.3 Å². The Balaban J connectivity index is 1.54.